The number of nitrogens with two attached hydrogens (primary N) is 1. The molecule has 0 spiro atoms. The Balaban J connectivity index is 1.17. The van der Waals surface area contributed by atoms with E-state index >= 15 is 0 Å². The third-order valence-electron chi connectivity index (χ3n) is 7.14. The predicted octanol–water partition coefficient (Wildman–Crippen LogP) is 5.82. The molecule has 4 atom stereocenters. The summed E-state index contributed by atoms with van der Waals surface area (Å²) in [6.45, 7) is 1.53. The first-order chi connectivity index (χ1) is 21.3. The predicted molar refractivity (Wildman–Crippen MR) is 165 cm³/mol. The van der Waals surface area contributed by atoms with Crippen LogP contribution in [0.1, 0.15) is 31.6 Å². The van der Waals surface area contributed by atoms with Crippen LogP contribution in [0.25, 0.3) is 21.9 Å². The van der Waals surface area contributed by atoms with E-state index in [4.69, 9.17) is 35.9 Å². The van der Waals surface area contributed by atoms with Crippen molar-refractivity contribution < 1.29 is 27.9 Å². The molecule has 5 aromatic rings. The molecule has 6 rings (SSSR count). The average molecular weight is 637 g/mol. The van der Waals surface area contributed by atoms with Crippen LogP contribution in [0, 0.1) is 0 Å². The van der Waals surface area contributed by atoms with Crippen molar-refractivity contribution >= 4 is 53.1 Å². The molecule has 3 heterocycles. The lowest BCUT2D eigenvalue weighted by Gasteiger charge is -2.24. The van der Waals surface area contributed by atoms with E-state index in [2.05, 4.69) is 20.0 Å². The van der Waals surface area contributed by atoms with Crippen LogP contribution in [-0.2, 0) is 30.0 Å². The number of imidazole rings is 1. The molecule has 228 valence electrons. The SMILES string of the molecule is C[C@H](NP(=O)(OC[C@@H]1CC[C@H](n2cnc3c(N)nc(Cl)nc32)O1)Oc1cccc2ccccc12)C(=O)OCc1ccccc1. The Morgan fingerprint density at radius 1 is 1.11 bits per heavy atom. The topological polar surface area (TPSA) is 153 Å². The van der Waals surface area contributed by atoms with E-state index in [9.17, 15) is 9.36 Å². The third-order valence-corrected chi connectivity index (χ3v) is 8.94. The Hall–Kier alpha value is -4.06. The molecule has 1 fully saturated rings. The summed E-state index contributed by atoms with van der Waals surface area (Å²) in [4.78, 5) is 25.4. The Morgan fingerprint density at radius 3 is 2.73 bits per heavy atom. The van der Waals surface area contributed by atoms with Crippen LogP contribution in [0.4, 0.5) is 5.82 Å². The van der Waals surface area contributed by atoms with Crippen molar-refractivity contribution in [2.75, 3.05) is 12.3 Å². The monoisotopic (exact) mass is 636 g/mol. The molecule has 12 nitrogen and oxygen atoms in total. The van der Waals surface area contributed by atoms with Gasteiger partial charge in [-0.25, -0.2) is 9.55 Å². The zero-order chi connectivity index (χ0) is 30.7. The van der Waals surface area contributed by atoms with Gasteiger partial charge in [-0.1, -0.05) is 66.7 Å². The van der Waals surface area contributed by atoms with Crippen molar-refractivity contribution in [3.8, 4) is 5.75 Å². The first kappa shape index (κ1) is 30.0. The molecule has 3 aromatic carbocycles. The Morgan fingerprint density at radius 2 is 1.89 bits per heavy atom. The Bertz CT molecular complexity index is 1830. The Labute approximate surface area is 258 Å². The largest absolute Gasteiger partial charge is 0.460 e. The van der Waals surface area contributed by atoms with E-state index in [-0.39, 0.29) is 24.3 Å². The minimum Gasteiger partial charge on any atom is -0.460 e. The van der Waals surface area contributed by atoms with Crippen LogP contribution in [-0.4, -0.2) is 44.2 Å². The number of hydrogen-bond acceptors (Lipinski definition) is 10. The second-order valence-electron chi connectivity index (χ2n) is 10.3. The van der Waals surface area contributed by atoms with E-state index < -0.39 is 32.1 Å². The van der Waals surface area contributed by atoms with Crippen LogP contribution in [0.15, 0.2) is 79.1 Å². The molecule has 0 bridgehead atoms. The van der Waals surface area contributed by atoms with Gasteiger partial charge in [-0.15, -0.1) is 0 Å². The van der Waals surface area contributed by atoms with Gasteiger partial charge in [0.05, 0.1) is 19.0 Å². The van der Waals surface area contributed by atoms with Gasteiger partial charge in [0.25, 0.3) is 0 Å². The molecular weight excluding hydrogens is 607 g/mol. The van der Waals surface area contributed by atoms with Crippen molar-refractivity contribution in [2.45, 2.75) is 44.7 Å². The summed E-state index contributed by atoms with van der Waals surface area (Å²) in [5.41, 5.74) is 7.64. The van der Waals surface area contributed by atoms with Crippen LogP contribution in [0.3, 0.4) is 0 Å². The van der Waals surface area contributed by atoms with Gasteiger partial charge in [-0.05, 0) is 48.4 Å². The van der Waals surface area contributed by atoms with Gasteiger partial charge in [-0.2, -0.15) is 15.1 Å². The standard InChI is InChI=1S/C30H30ClN6O6P/c1-19(29(38)40-16-20-8-3-2-4-9-20)36-44(39,43-24-13-7-11-21-10-5-6-12-23(21)24)41-17-22-14-15-25(42-22)37-18-33-26-27(32)34-30(31)35-28(26)37/h2-13,18-19,22,25H,14-17H2,1H3,(H,36,39)(H2,32,34,35)/t19-,22-,25+,44?/m0/s1. The van der Waals surface area contributed by atoms with Crippen LogP contribution >= 0.6 is 19.3 Å². The van der Waals surface area contributed by atoms with Gasteiger partial charge in [0.1, 0.15) is 30.1 Å². The molecule has 44 heavy (non-hydrogen) atoms. The van der Waals surface area contributed by atoms with Crippen LogP contribution < -0.4 is 15.3 Å². The summed E-state index contributed by atoms with van der Waals surface area (Å²) < 4.78 is 39.6. The first-order valence-corrected chi connectivity index (χ1v) is 15.9. The van der Waals surface area contributed by atoms with E-state index in [1.165, 1.54) is 0 Å². The number of esters is 1. The second kappa shape index (κ2) is 12.9. The smallest absolute Gasteiger partial charge is 0.459 e. The number of halogens is 1. The molecule has 1 aliphatic rings. The lowest BCUT2D eigenvalue weighted by molar-refractivity contribution is -0.146. The maximum atomic E-state index is 14.3. The third kappa shape index (κ3) is 6.69. The fraction of sp³-hybridized carbons (Fsp3) is 0.267. The molecule has 3 N–H and O–H groups in total. The normalized spacial score (nSPS) is 18.7. The molecule has 14 heteroatoms. The van der Waals surface area contributed by atoms with Gasteiger partial charge in [0.15, 0.2) is 11.5 Å². The van der Waals surface area contributed by atoms with Crippen molar-refractivity contribution in [1.82, 2.24) is 24.6 Å². The fourth-order valence-corrected chi connectivity index (χ4v) is 6.67. The number of fused-ring (bicyclic) bond motifs is 2. The maximum Gasteiger partial charge on any atom is 0.459 e. The number of carbonyl (C=O) groups is 1. The summed E-state index contributed by atoms with van der Waals surface area (Å²) in [5.74, 6) is -0.0954. The number of nitrogens with zero attached hydrogens (tertiary/aromatic N) is 4. The summed E-state index contributed by atoms with van der Waals surface area (Å²) in [7, 11) is -4.14. The highest BCUT2D eigenvalue weighted by Gasteiger charge is 2.36. The molecule has 0 saturated carbocycles. The number of rotatable bonds is 11. The number of hydrogen-bond donors (Lipinski definition) is 2. The Kier molecular flexibility index (Phi) is 8.79. The fourth-order valence-electron chi connectivity index (χ4n) is 4.96. The van der Waals surface area contributed by atoms with Crippen molar-refractivity contribution in [1.29, 1.82) is 0 Å². The molecule has 1 unspecified atom stereocenters. The summed E-state index contributed by atoms with van der Waals surface area (Å²) in [6, 6.07) is 21.2. The molecule has 1 aliphatic heterocycles. The number of anilines is 1. The molecule has 0 amide bonds. The number of benzene rings is 3. The van der Waals surface area contributed by atoms with Gasteiger partial charge < -0.3 is 19.7 Å². The summed E-state index contributed by atoms with van der Waals surface area (Å²) in [6.07, 6.45) is 1.88. The second-order valence-corrected chi connectivity index (χ2v) is 12.3. The van der Waals surface area contributed by atoms with E-state index in [1.807, 2.05) is 60.7 Å². The van der Waals surface area contributed by atoms with Crippen LogP contribution in [0.5, 0.6) is 5.75 Å². The minimum absolute atomic E-state index is 0.00337. The zero-order valence-corrected chi connectivity index (χ0v) is 25.4. The van der Waals surface area contributed by atoms with Crippen molar-refractivity contribution in [3.63, 3.8) is 0 Å². The van der Waals surface area contributed by atoms with Crippen LogP contribution in [0.2, 0.25) is 5.28 Å². The molecule has 0 aliphatic carbocycles. The van der Waals surface area contributed by atoms with E-state index in [0.29, 0.717) is 29.8 Å². The van der Waals surface area contributed by atoms with Gasteiger partial charge >= 0.3 is 13.7 Å². The summed E-state index contributed by atoms with van der Waals surface area (Å²) >= 11 is 6.02. The maximum absolute atomic E-state index is 14.3. The van der Waals surface area contributed by atoms with E-state index in [0.717, 1.165) is 16.3 Å². The van der Waals surface area contributed by atoms with Gasteiger partial charge in [0.2, 0.25) is 5.28 Å². The average Bonchev–Trinajstić information content (AvgIpc) is 3.67. The summed E-state index contributed by atoms with van der Waals surface area (Å²) in [5, 5.41) is 4.40. The van der Waals surface area contributed by atoms with Gasteiger partial charge in [0, 0.05) is 5.39 Å². The molecule has 2 aromatic heterocycles. The lowest BCUT2D eigenvalue weighted by atomic mass is 10.1. The van der Waals surface area contributed by atoms with Crippen molar-refractivity contribution in [2.24, 2.45) is 0 Å². The number of ether oxygens (including phenoxy) is 2. The highest BCUT2D eigenvalue weighted by molar-refractivity contribution is 7.52. The zero-order valence-electron chi connectivity index (χ0n) is 23.7. The molecule has 1 saturated heterocycles. The minimum atomic E-state index is -4.14. The highest BCUT2D eigenvalue weighted by atomic mass is 35.5. The number of nitrogens with one attached hydrogen (secondary N) is 1. The highest BCUT2D eigenvalue weighted by Crippen LogP contribution is 2.47. The number of nitrogen functional groups attached to an aromatic ring is 1. The number of aromatic nitrogens is 4. The van der Waals surface area contributed by atoms with E-state index in [1.54, 1.807) is 30.0 Å². The quantitative estimate of drug-likeness (QED) is 0.102. The molecular formula is C30H30ClN6O6P. The lowest BCUT2D eigenvalue weighted by Crippen LogP contribution is -2.35. The number of carbonyl (C=O) groups excluding carboxylic acids is 1. The van der Waals surface area contributed by atoms with Crippen molar-refractivity contribution in [3.05, 3.63) is 90.0 Å². The van der Waals surface area contributed by atoms with Gasteiger partial charge in [-0.3, -0.25) is 13.9 Å². The molecule has 0 radical (unpaired) electrons. The first-order valence-electron chi connectivity index (χ1n) is 14.0.